The molecule has 0 saturated carbocycles. The standard InChI is InChI=1S/C10H10N2O3S/c1-5(11)9-12-7(4-16-9)8-2-6(3-15-8)10(13)14/h2-5H,11H2,1H3,(H,13,14). The molecule has 0 aromatic carbocycles. The largest absolute Gasteiger partial charge is 0.478 e. The third-order valence-corrected chi connectivity index (χ3v) is 3.06. The molecule has 0 radical (unpaired) electrons. The Bertz CT molecular complexity index is 516. The number of hydrogen-bond donors (Lipinski definition) is 2. The number of aromatic carboxylic acids is 1. The second kappa shape index (κ2) is 4.07. The summed E-state index contributed by atoms with van der Waals surface area (Å²) in [6, 6.07) is 1.31. The molecule has 0 saturated heterocycles. The lowest BCUT2D eigenvalue weighted by atomic mass is 10.3. The fraction of sp³-hybridized carbons (Fsp3) is 0.200. The van der Waals surface area contributed by atoms with Crippen LogP contribution in [0.2, 0.25) is 0 Å². The van der Waals surface area contributed by atoms with Gasteiger partial charge in [0.2, 0.25) is 0 Å². The molecule has 2 aromatic rings. The van der Waals surface area contributed by atoms with Crippen LogP contribution in [0.5, 0.6) is 0 Å². The molecule has 3 N–H and O–H groups in total. The van der Waals surface area contributed by atoms with E-state index in [4.69, 9.17) is 15.3 Å². The van der Waals surface area contributed by atoms with E-state index in [-0.39, 0.29) is 11.6 Å². The first-order chi connectivity index (χ1) is 7.58. The minimum atomic E-state index is -1.02. The third-order valence-electron chi connectivity index (χ3n) is 2.01. The molecule has 2 heterocycles. The quantitative estimate of drug-likeness (QED) is 0.854. The molecule has 0 bridgehead atoms. The van der Waals surface area contributed by atoms with Crippen molar-refractivity contribution in [2.75, 3.05) is 0 Å². The molecule has 0 aliphatic rings. The van der Waals surface area contributed by atoms with Crippen molar-refractivity contribution < 1.29 is 14.3 Å². The Balaban J connectivity index is 2.31. The second-order valence-corrected chi connectivity index (χ2v) is 4.25. The molecule has 5 nitrogen and oxygen atoms in total. The van der Waals surface area contributed by atoms with Gasteiger partial charge in [-0.2, -0.15) is 0 Å². The smallest absolute Gasteiger partial charge is 0.338 e. The molecule has 84 valence electrons. The van der Waals surface area contributed by atoms with Crippen LogP contribution in [-0.4, -0.2) is 16.1 Å². The first-order valence-corrected chi connectivity index (χ1v) is 5.49. The zero-order valence-corrected chi connectivity index (χ0v) is 9.32. The minimum absolute atomic E-state index is 0.116. The van der Waals surface area contributed by atoms with Crippen LogP contribution in [0.25, 0.3) is 11.5 Å². The summed E-state index contributed by atoms with van der Waals surface area (Å²) in [5, 5.41) is 11.3. The molecule has 0 aliphatic heterocycles. The van der Waals surface area contributed by atoms with E-state index in [1.807, 2.05) is 6.92 Å². The SMILES string of the molecule is CC(N)c1nc(-c2cc(C(=O)O)co2)cs1. The number of aromatic nitrogens is 1. The highest BCUT2D eigenvalue weighted by Gasteiger charge is 2.13. The molecule has 0 spiro atoms. The predicted molar refractivity (Wildman–Crippen MR) is 59.4 cm³/mol. The monoisotopic (exact) mass is 238 g/mol. The molecule has 2 rings (SSSR count). The van der Waals surface area contributed by atoms with E-state index in [9.17, 15) is 4.79 Å². The Kier molecular flexibility index (Phi) is 2.76. The number of thiazole rings is 1. The Morgan fingerprint density at radius 1 is 1.69 bits per heavy atom. The van der Waals surface area contributed by atoms with Gasteiger partial charge in [-0.1, -0.05) is 0 Å². The summed E-state index contributed by atoms with van der Waals surface area (Å²) in [6.45, 7) is 1.84. The van der Waals surface area contributed by atoms with E-state index >= 15 is 0 Å². The van der Waals surface area contributed by atoms with Crippen molar-refractivity contribution in [3.63, 3.8) is 0 Å². The molecular weight excluding hydrogens is 228 g/mol. The van der Waals surface area contributed by atoms with Gasteiger partial charge in [0.15, 0.2) is 5.76 Å². The maximum atomic E-state index is 10.7. The molecule has 0 fully saturated rings. The van der Waals surface area contributed by atoms with Crippen LogP contribution in [0.1, 0.15) is 28.3 Å². The van der Waals surface area contributed by atoms with Gasteiger partial charge in [-0.05, 0) is 6.92 Å². The van der Waals surface area contributed by atoms with Gasteiger partial charge >= 0.3 is 5.97 Å². The molecular formula is C10H10N2O3S. The fourth-order valence-electron chi connectivity index (χ4n) is 1.19. The second-order valence-electron chi connectivity index (χ2n) is 3.36. The first-order valence-electron chi connectivity index (χ1n) is 4.61. The summed E-state index contributed by atoms with van der Waals surface area (Å²) in [5.41, 5.74) is 6.41. The van der Waals surface area contributed by atoms with E-state index in [2.05, 4.69) is 4.98 Å². The maximum Gasteiger partial charge on any atom is 0.338 e. The highest BCUT2D eigenvalue weighted by atomic mass is 32.1. The van der Waals surface area contributed by atoms with Crippen molar-refractivity contribution in [1.29, 1.82) is 0 Å². The van der Waals surface area contributed by atoms with Crippen LogP contribution in [0.4, 0.5) is 0 Å². The normalized spacial score (nSPS) is 12.6. The van der Waals surface area contributed by atoms with E-state index in [0.29, 0.717) is 11.5 Å². The van der Waals surface area contributed by atoms with Crippen molar-refractivity contribution in [3.05, 3.63) is 28.3 Å². The predicted octanol–water partition coefficient (Wildman–Crippen LogP) is 2.12. The number of nitrogens with two attached hydrogens (primary N) is 1. The molecule has 2 aromatic heterocycles. The van der Waals surface area contributed by atoms with Crippen LogP contribution in [0.3, 0.4) is 0 Å². The molecule has 1 atom stereocenters. The number of carboxylic acids is 1. The third kappa shape index (κ3) is 1.98. The summed E-state index contributed by atoms with van der Waals surface area (Å²) in [5.74, 6) is -0.571. The van der Waals surface area contributed by atoms with E-state index in [0.717, 1.165) is 5.01 Å². The number of carbonyl (C=O) groups is 1. The van der Waals surface area contributed by atoms with Gasteiger partial charge in [0, 0.05) is 11.4 Å². The zero-order valence-electron chi connectivity index (χ0n) is 8.51. The van der Waals surface area contributed by atoms with Crippen LogP contribution in [-0.2, 0) is 0 Å². The van der Waals surface area contributed by atoms with Crippen LogP contribution >= 0.6 is 11.3 Å². The number of rotatable bonds is 3. The number of hydrogen-bond acceptors (Lipinski definition) is 5. The van der Waals surface area contributed by atoms with Gasteiger partial charge < -0.3 is 15.3 Å². The van der Waals surface area contributed by atoms with Gasteiger partial charge in [0.1, 0.15) is 17.0 Å². The molecule has 16 heavy (non-hydrogen) atoms. The van der Waals surface area contributed by atoms with Crippen LogP contribution in [0.15, 0.2) is 22.1 Å². The minimum Gasteiger partial charge on any atom is -0.478 e. The zero-order chi connectivity index (χ0) is 11.7. The highest BCUT2D eigenvalue weighted by molar-refractivity contribution is 7.10. The Labute approximate surface area is 95.5 Å². The fourth-order valence-corrected chi connectivity index (χ4v) is 1.96. The lowest BCUT2D eigenvalue weighted by Gasteiger charge is -1.96. The van der Waals surface area contributed by atoms with Gasteiger partial charge in [0.25, 0.3) is 0 Å². The van der Waals surface area contributed by atoms with E-state index < -0.39 is 5.97 Å². The molecule has 1 unspecified atom stereocenters. The Morgan fingerprint density at radius 2 is 2.44 bits per heavy atom. The van der Waals surface area contributed by atoms with Crippen molar-refractivity contribution >= 4 is 17.3 Å². The number of furan rings is 1. The lowest BCUT2D eigenvalue weighted by molar-refractivity contribution is 0.0696. The van der Waals surface area contributed by atoms with Gasteiger partial charge in [0.05, 0.1) is 11.6 Å². The van der Waals surface area contributed by atoms with Crippen molar-refractivity contribution in [2.24, 2.45) is 5.73 Å². The molecule has 0 aliphatic carbocycles. The number of carboxylic acid groups (broad SMARTS) is 1. The van der Waals surface area contributed by atoms with Crippen molar-refractivity contribution in [1.82, 2.24) is 4.98 Å². The summed E-state index contributed by atoms with van der Waals surface area (Å²) >= 11 is 1.43. The van der Waals surface area contributed by atoms with E-state index in [1.165, 1.54) is 23.7 Å². The molecule has 0 amide bonds. The molecule has 6 heteroatoms. The highest BCUT2D eigenvalue weighted by Crippen LogP contribution is 2.26. The summed E-state index contributed by atoms with van der Waals surface area (Å²) in [4.78, 5) is 14.9. The number of nitrogens with zero attached hydrogens (tertiary/aromatic N) is 1. The van der Waals surface area contributed by atoms with Gasteiger partial charge in [-0.15, -0.1) is 11.3 Å². The summed E-state index contributed by atoms with van der Waals surface area (Å²) < 4.78 is 5.13. The lowest BCUT2D eigenvalue weighted by Crippen LogP contribution is -2.03. The summed E-state index contributed by atoms with van der Waals surface area (Å²) in [7, 11) is 0. The average Bonchev–Trinajstić information content (AvgIpc) is 2.86. The Morgan fingerprint density at radius 3 is 2.94 bits per heavy atom. The maximum absolute atomic E-state index is 10.7. The van der Waals surface area contributed by atoms with E-state index in [1.54, 1.807) is 5.38 Å². The Hall–Kier alpha value is -1.66. The van der Waals surface area contributed by atoms with Gasteiger partial charge in [-0.25, -0.2) is 9.78 Å². The van der Waals surface area contributed by atoms with Crippen LogP contribution in [0, 0.1) is 0 Å². The van der Waals surface area contributed by atoms with Crippen molar-refractivity contribution in [3.8, 4) is 11.5 Å². The van der Waals surface area contributed by atoms with Crippen LogP contribution < -0.4 is 5.73 Å². The topological polar surface area (TPSA) is 89.3 Å². The summed E-state index contributed by atoms with van der Waals surface area (Å²) in [6.07, 6.45) is 1.20. The van der Waals surface area contributed by atoms with Crippen molar-refractivity contribution in [2.45, 2.75) is 13.0 Å². The van der Waals surface area contributed by atoms with Gasteiger partial charge in [-0.3, -0.25) is 0 Å². The average molecular weight is 238 g/mol. The first kappa shape index (κ1) is 10.8.